The van der Waals surface area contributed by atoms with Gasteiger partial charge in [-0.05, 0) is 17.7 Å². The van der Waals surface area contributed by atoms with Gasteiger partial charge in [0.05, 0.1) is 6.61 Å². The first kappa shape index (κ1) is 13.6. The average molecular weight is 237 g/mol. The first-order valence-corrected chi connectivity index (χ1v) is 5.52. The summed E-state index contributed by atoms with van der Waals surface area (Å²) in [5, 5.41) is 11.5. The first-order chi connectivity index (χ1) is 7.97. The Bertz CT molecular complexity index is 365. The third-order valence-corrected chi connectivity index (χ3v) is 2.70. The maximum absolute atomic E-state index is 11.4. The van der Waals surface area contributed by atoms with Crippen LogP contribution in [-0.4, -0.2) is 35.2 Å². The highest BCUT2D eigenvalue weighted by Gasteiger charge is 2.22. The van der Waals surface area contributed by atoms with E-state index in [4.69, 9.17) is 10.8 Å². The Morgan fingerprint density at radius 1 is 1.53 bits per heavy atom. The van der Waals surface area contributed by atoms with Crippen molar-refractivity contribution in [3.8, 4) is 0 Å². The van der Waals surface area contributed by atoms with Gasteiger partial charge in [-0.3, -0.25) is 9.78 Å². The molecule has 1 unspecified atom stereocenters. The number of amides is 1. The van der Waals surface area contributed by atoms with Crippen molar-refractivity contribution in [2.24, 2.45) is 5.73 Å². The monoisotopic (exact) mass is 237 g/mol. The van der Waals surface area contributed by atoms with E-state index in [0.717, 1.165) is 5.56 Å². The molecular formula is C12H19N3O2. The summed E-state index contributed by atoms with van der Waals surface area (Å²) in [4.78, 5) is 15.4. The standard InChI is InChI=1S/C12H19N3O2/c1-12(2,9-3-5-14-6-4-9)8-15-11(17)10(13)7-16/h3-6,10,16H,7-8,13H2,1-2H3,(H,15,17). The van der Waals surface area contributed by atoms with E-state index in [1.54, 1.807) is 12.4 Å². The molecule has 1 rings (SSSR count). The summed E-state index contributed by atoms with van der Waals surface area (Å²) in [6.07, 6.45) is 3.44. The van der Waals surface area contributed by atoms with Gasteiger partial charge in [0.2, 0.25) is 5.91 Å². The van der Waals surface area contributed by atoms with Gasteiger partial charge in [0.1, 0.15) is 6.04 Å². The lowest BCUT2D eigenvalue weighted by Gasteiger charge is -2.26. The van der Waals surface area contributed by atoms with E-state index in [1.807, 2.05) is 26.0 Å². The normalized spacial score (nSPS) is 13.2. The lowest BCUT2D eigenvalue weighted by Crippen LogP contribution is -2.46. The molecule has 5 nitrogen and oxygen atoms in total. The predicted octanol–water partition coefficient (Wildman–Crippen LogP) is -0.205. The number of nitrogens with one attached hydrogen (secondary N) is 1. The van der Waals surface area contributed by atoms with E-state index in [1.165, 1.54) is 0 Å². The van der Waals surface area contributed by atoms with E-state index in [0.29, 0.717) is 6.54 Å². The summed E-state index contributed by atoms with van der Waals surface area (Å²) < 4.78 is 0. The van der Waals surface area contributed by atoms with Crippen LogP contribution in [0.15, 0.2) is 24.5 Å². The molecule has 0 radical (unpaired) electrons. The fourth-order valence-electron chi connectivity index (χ4n) is 1.43. The zero-order valence-corrected chi connectivity index (χ0v) is 10.2. The predicted molar refractivity (Wildman–Crippen MR) is 65.3 cm³/mol. The van der Waals surface area contributed by atoms with Crippen LogP contribution >= 0.6 is 0 Å². The lowest BCUT2D eigenvalue weighted by molar-refractivity contribution is -0.123. The third kappa shape index (κ3) is 3.80. The molecule has 1 aromatic rings. The molecule has 0 aliphatic carbocycles. The lowest BCUT2D eigenvalue weighted by atomic mass is 9.85. The summed E-state index contributed by atoms with van der Waals surface area (Å²) in [5.74, 6) is -0.338. The minimum absolute atomic E-state index is 0.201. The number of nitrogens with zero attached hydrogens (tertiary/aromatic N) is 1. The van der Waals surface area contributed by atoms with E-state index in [2.05, 4.69) is 10.3 Å². The molecule has 94 valence electrons. The second-order valence-electron chi connectivity index (χ2n) is 4.63. The van der Waals surface area contributed by atoms with Crippen LogP contribution in [0.3, 0.4) is 0 Å². The summed E-state index contributed by atoms with van der Waals surface area (Å²) in [6, 6.07) is 2.97. The van der Waals surface area contributed by atoms with Gasteiger partial charge in [-0.25, -0.2) is 0 Å². The molecule has 0 fully saturated rings. The first-order valence-electron chi connectivity index (χ1n) is 5.52. The SMILES string of the molecule is CC(C)(CNC(=O)C(N)CO)c1ccncc1. The third-order valence-electron chi connectivity index (χ3n) is 2.70. The van der Waals surface area contributed by atoms with Crippen LogP contribution in [0.5, 0.6) is 0 Å². The van der Waals surface area contributed by atoms with E-state index >= 15 is 0 Å². The largest absolute Gasteiger partial charge is 0.394 e. The maximum atomic E-state index is 11.4. The van der Waals surface area contributed by atoms with Crippen molar-refractivity contribution in [1.29, 1.82) is 0 Å². The van der Waals surface area contributed by atoms with Crippen LogP contribution in [0.1, 0.15) is 19.4 Å². The molecule has 5 heteroatoms. The molecule has 1 atom stereocenters. The van der Waals surface area contributed by atoms with Crippen molar-refractivity contribution in [1.82, 2.24) is 10.3 Å². The van der Waals surface area contributed by atoms with Crippen LogP contribution in [0, 0.1) is 0 Å². The molecule has 17 heavy (non-hydrogen) atoms. The van der Waals surface area contributed by atoms with Crippen LogP contribution < -0.4 is 11.1 Å². The summed E-state index contributed by atoms with van der Waals surface area (Å²) >= 11 is 0. The van der Waals surface area contributed by atoms with Crippen LogP contribution in [0.25, 0.3) is 0 Å². The fraction of sp³-hybridized carbons (Fsp3) is 0.500. The van der Waals surface area contributed by atoms with Gasteiger partial charge >= 0.3 is 0 Å². The number of aliphatic hydroxyl groups excluding tert-OH is 1. The number of hydrogen-bond acceptors (Lipinski definition) is 4. The average Bonchev–Trinajstić information content (AvgIpc) is 2.36. The smallest absolute Gasteiger partial charge is 0.239 e. The number of carbonyl (C=O) groups is 1. The van der Waals surface area contributed by atoms with Crippen molar-refractivity contribution in [2.75, 3.05) is 13.2 Å². The van der Waals surface area contributed by atoms with Crippen molar-refractivity contribution >= 4 is 5.91 Å². The van der Waals surface area contributed by atoms with E-state index in [9.17, 15) is 4.79 Å². The van der Waals surface area contributed by atoms with Crippen molar-refractivity contribution in [3.05, 3.63) is 30.1 Å². The number of aromatic nitrogens is 1. The van der Waals surface area contributed by atoms with Gasteiger partial charge in [-0.1, -0.05) is 13.8 Å². The Balaban J connectivity index is 2.59. The van der Waals surface area contributed by atoms with Crippen LogP contribution in [0.2, 0.25) is 0 Å². The topological polar surface area (TPSA) is 88.2 Å². The van der Waals surface area contributed by atoms with Gasteiger partial charge < -0.3 is 16.2 Å². The highest BCUT2D eigenvalue weighted by Crippen LogP contribution is 2.20. The Morgan fingerprint density at radius 3 is 2.65 bits per heavy atom. The van der Waals surface area contributed by atoms with Gasteiger partial charge in [-0.15, -0.1) is 0 Å². The quantitative estimate of drug-likeness (QED) is 0.661. The zero-order chi connectivity index (χ0) is 12.9. The molecule has 0 bridgehead atoms. The second kappa shape index (κ2) is 5.75. The van der Waals surface area contributed by atoms with Crippen LogP contribution in [-0.2, 0) is 10.2 Å². The van der Waals surface area contributed by atoms with Gasteiger partial charge in [0, 0.05) is 24.4 Å². The van der Waals surface area contributed by atoms with Crippen molar-refractivity contribution in [2.45, 2.75) is 25.3 Å². The Morgan fingerprint density at radius 2 is 2.12 bits per heavy atom. The van der Waals surface area contributed by atoms with Crippen molar-refractivity contribution < 1.29 is 9.90 Å². The van der Waals surface area contributed by atoms with Gasteiger partial charge in [-0.2, -0.15) is 0 Å². The Labute approximate surface area is 101 Å². The highest BCUT2D eigenvalue weighted by atomic mass is 16.3. The number of hydrogen-bond donors (Lipinski definition) is 3. The molecule has 1 aromatic heterocycles. The number of aliphatic hydroxyl groups is 1. The molecule has 0 aromatic carbocycles. The summed E-state index contributed by atoms with van der Waals surface area (Å²) in [5.41, 5.74) is 6.30. The Hall–Kier alpha value is -1.46. The van der Waals surface area contributed by atoms with E-state index in [-0.39, 0.29) is 17.9 Å². The minimum atomic E-state index is -0.858. The molecule has 4 N–H and O–H groups in total. The highest BCUT2D eigenvalue weighted by molar-refractivity contribution is 5.81. The molecule has 0 aliphatic rings. The molecule has 1 heterocycles. The van der Waals surface area contributed by atoms with E-state index < -0.39 is 6.04 Å². The number of nitrogens with two attached hydrogens (primary N) is 1. The fourth-order valence-corrected chi connectivity index (χ4v) is 1.43. The molecular weight excluding hydrogens is 218 g/mol. The Kier molecular flexibility index (Phi) is 4.60. The van der Waals surface area contributed by atoms with Gasteiger partial charge in [0.25, 0.3) is 0 Å². The van der Waals surface area contributed by atoms with Crippen LogP contribution in [0.4, 0.5) is 0 Å². The molecule has 0 aliphatic heterocycles. The zero-order valence-electron chi connectivity index (χ0n) is 10.2. The van der Waals surface area contributed by atoms with Gasteiger partial charge in [0.15, 0.2) is 0 Å². The van der Waals surface area contributed by atoms with Crippen molar-refractivity contribution in [3.63, 3.8) is 0 Å². The molecule has 0 spiro atoms. The number of carbonyl (C=O) groups excluding carboxylic acids is 1. The molecule has 0 saturated carbocycles. The summed E-state index contributed by atoms with van der Waals surface area (Å²) in [6.45, 7) is 4.16. The number of rotatable bonds is 5. The minimum Gasteiger partial charge on any atom is -0.394 e. The number of pyridine rings is 1. The summed E-state index contributed by atoms with van der Waals surface area (Å²) in [7, 11) is 0. The second-order valence-corrected chi connectivity index (χ2v) is 4.63. The maximum Gasteiger partial charge on any atom is 0.239 e. The molecule has 0 saturated heterocycles. The molecule has 1 amide bonds.